The molecule has 146 valence electrons. The Morgan fingerprint density at radius 1 is 1.30 bits per heavy atom. The number of hydrogen-bond donors (Lipinski definition) is 3. The standard InChI is InChI=1S/C15H18N4O7S/c1-4-26-15(23)12-10(13(21)17-27(12,24)25)19(16)9-7-5-6-8(11(9)20)14(22)18(2)3/h5-7,20H,4,16H2,1-3H3,(H,17,21). The van der Waals surface area contributed by atoms with Gasteiger partial charge in [-0.2, -0.15) is 0 Å². The van der Waals surface area contributed by atoms with Crippen LogP contribution in [0.4, 0.5) is 5.69 Å². The maximum atomic E-state index is 12.1. The predicted molar refractivity (Wildman–Crippen MR) is 93.5 cm³/mol. The minimum absolute atomic E-state index is 0.132. The smallest absolute Gasteiger partial charge is 0.354 e. The van der Waals surface area contributed by atoms with Crippen LogP contribution in [-0.2, 0) is 24.3 Å². The van der Waals surface area contributed by atoms with Crippen molar-refractivity contribution in [2.24, 2.45) is 5.84 Å². The SMILES string of the molecule is CCOC(=O)C1=C(N(N)c2cccc(C(=O)N(C)C)c2O)C(=O)NS1(=O)=O. The Balaban J connectivity index is 2.65. The van der Waals surface area contributed by atoms with Crippen molar-refractivity contribution in [1.82, 2.24) is 9.62 Å². The molecular weight excluding hydrogens is 380 g/mol. The number of carbonyl (C=O) groups excluding carboxylic acids is 3. The third kappa shape index (κ3) is 3.57. The van der Waals surface area contributed by atoms with E-state index < -0.39 is 44.2 Å². The highest BCUT2D eigenvalue weighted by atomic mass is 32.2. The first-order valence-electron chi connectivity index (χ1n) is 7.59. The van der Waals surface area contributed by atoms with Gasteiger partial charge in [0, 0.05) is 14.1 Å². The number of nitrogens with one attached hydrogen (secondary N) is 1. The number of hydrogen-bond acceptors (Lipinski definition) is 9. The van der Waals surface area contributed by atoms with Crippen LogP contribution in [0.3, 0.4) is 0 Å². The molecule has 27 heavy (non-hydrogen) atoms. The van der Waals surface area contributed by atoms with Crippen molar-refractivity contribution in [1.29, 1.82) is 0 Å². The van der Waals surface area contributed by atoms with Crippen LogP contribution >= 0.6 is 0 Å². The summed E-state index contributed by atoms with van der Waals surface area (Å²) in [5, 5.41) is 10.9. The molecule has 2 amide bonds. The fraction of sp³-hybridized carbons (Fsp3) is 0.267. The lowest BCUT2D eigenvalue weighted by Gasteiger charge is -2.21. The summed E-state index contributed by atoms with van der Waals surface area (Å²) in [6.07, 6.45) is 0. The van der Waals surface area contributed by atoms with Crippen LogP contribution in [0.15, 0.2) is 28.8 Å². The number of nitrogens with two attached hydrogens (primary N) is 1. The maximum absolute atomic E-state index is 12.1. The molecule has 11 nitrogen and oxygen atoms in total. The van der Waals surface area contributed by atoms with Gasteiger partial charge in [-0.25, -0.2) is 23.8 Å². The molecule has 12 heteroatoms. The number of ether oxygens (including phenoxy) is 1. The fourth-order valence-electron chi connectivity index (χ4n) is 2.33. The van der Waals surface area contributed by atoms with Gasteiger partial charge in [0.1, 0.15) is 5.69 Å². The zero-order valence-electron chi connectivity index (χ0n) is 14.7. The summed E-state index contributed by atoms with van der Waals surface area (Å²) >= 11 is 0. The number of phenols is 1. The van der Waals surface area contributed by atoms with Crippen molar-refractivity contribution in [2.75, 3.05) is 25.7 Å². The van der Waals surface area contributed by atoms with Crippen molar-refractivity contribution in [3.63, 3.8) is 0 Å². The van der Waals surface area contributed by atoms with Crippen molar-refractivity contribution < 1.29 is 32.6 Å². The summed E-state index contributed by atoms with van der Waals surface area (Å²) in [5.41, 5.74) is -1.13. The van der Waals surface area contributed by atoms with Crippen molar-refractivity contribution in [3.8, 4) is 5.75 Å². The summed E-state index contributed by atoms with van der Waals surface area (Å²) in [6, 6.07) is 3.94. The monoisotopic (exact) mass is 398 g/mol. The van der Waals surface area contributed by atoms with Crippen molar-refractivity contribution in [2.45, 2.75) is 6.92 Å². The average Bonchev–Trinajstić information content (AvgIpc) is 2.82. The number of amides is 2. The van der Waals surface area contributed by atoms with Crippen LogP contribution in [0.25, 0.3) is 0 Å². The molecular formula is C15H18N4O7S. The number of phenolic OH excluding ortho intramolecular Hbond substituents is 1. The number of benzene rings is 1. The second-order valence-electron chi connectivity index (χ2n) is 5.58. The Labute approximate surface area is 155 Å². The summed E-state index contributed by atoms with van der Waals surface area (Å²) in [7, 11) is -1.55. The first-order chi connectivity index (χ1) is 12.5. The molecule has 0 bridgehead atoms. The number of hydrazine groups is 1. The Kier molecular flexibility index (Phi) is 5.42. The molecule has 0 unspecified atom stereocenters. The molecule has 1 aromatic rings. The van der Waals surface area contributed by atoms with Gasteiger partial charge in [-0.1, -0.05) is 6.07 Å². The van der Waals surface area contributed by atoms with Gasteiger partial charge in [0.05, 0.1) is 12.2 Å². The second-order valence-corrected chi connectivity index (χ2v) is 7.19. The molecule has 0 radical (unpaired) electrons. The van der Waals surface area contributed by atoms with E-state index in [1.807, 2.05) is 0 Å². The van der Waals surface area contributed by atoms with Crippen molar-refractivity contribution in [3.05, 3.63) is 34.4 Å². The molecule has 4 N–H and O–H groups in total. The second kappa shape index (κ2) is 7.25. The number of aromatic hydroxyl groups is 1. The minimum atomic E-state index is -4.49. The van der Waals surface area contributed by atoms with Gasteiger partial charge >= 0.3 is 5.97 Å². The van der Waals surface area contributed by atoms with Crippen LogP contribution in [0.5, 0.6) is 5.75 Å². The van der Waals surface area contributed by atoms with E-state index >= 15 is 0 Å². The molecule has 0 aromatic heterocycles. The molecule has 0 aliphatic carbocycles. The molecule has 0 saturated carbocycles. The molecule has 1 heterocycles. The van der Waals surface area contributed by atoms with E-state index in [0.717, 1.165) is 0 Å². The number of sulfonamides is 1. The number of esters is 1. The lowest BCUT2D eigenvalue weighted by Crippen LogP contribution is -2.36. The summed E-state index contributed by atoms with van der Waals surface area (Å²) in [4.78, 5) is 36.5. The third-order valence-electron chi connectivity index (χ3n) is 3.54. The Bertz CT molecular complexity index is 953. The van der Waals surface area contributed by atoms with E-state index in [2.05, 4.69) is 4.74 Å². The molecule has 0 fully saturated rings. The molecule has 1 aliphatic heterocycles. The first kappa shape index (κ1) is 20.2. The average molecular weight is 398 g/mol. The lowest BCUT2D eigenvalue weighted by atomic mass is 10.1. The molecule has 2 rings (SSSR count). The summed E-state index contributed by atoms with van der Waals surface area (Å²) in [5.74, 6) is 2.25. The summed E-state index contributed by atoms with van der Waals surface area (Å²) < 4.78 is 30.5. The zero-order chi connectivity index (χ0) is 20.5. The number of carbonyl (C=O) groups is 3. The number of para-hydroxylation sites is 1. The van der Waals surface area contributed by atoms with Gasteiger partial charge in [-0.3, -0.25) is 14.6 Å². The molecule has 1 aromatic carbocycles. The minimum Gasteiger partial charge on any atom is -0.505 e. The van der Waals surface area contributed by atoms with Crippen LogP contribution in [0.2, 0.25) is 0 Å². The van der Waals surface area contributed by atoms with E-state index in [1.165, 1.54) is 44.1 Å². The fourth-order valence-corrected chi connectivity index (χ4v) is 3.50. The first-order valence-corrected chi connectivity index (χ1v) is 9.08. The molecule has 0 saturated heterocycles. The van der Waals surface area contributed by atoms with E-state index in [0.29, 0.717) is 5.01 Å². The Hall–Kier alpha value is -3.12. The number of nitrogens with zero attached hydrogens (tertiary/aromatic N) is 2. The van der Waals surface area contributed by atoms with E-state index in [9.17, 15) is 27.9 Å². The highest BCUT2D eigenvalue weighted by Gasteiger charge is 2.44. The van der Waals surface area contributed by atoms with Crippen molar-refractivity contribution >= 4 is 33.5 Å². The van der Waals surface area contributed by atoms with E-state index in [-0.39, 0.29) is 17.9 Å². The van der Waals surface area contributed by atoms with Gasteiger partial charge in [-0.05, 0) is 19.1 Å². The topological polar surface area (TPSA) is 159 Å². The molecule has 0 spiro atoms. The predicted octanol–water partition coefficient (Wildman–Crippen LogP) is -0.992. The maximum Gasteiger partial charge on any atom is 0.354 e. The number of anilines is 1. The van der Waals surface area contributed by atoms with Crippen LogP contribution in [-0.4, -0.2) is 56.9 Å². The van der Waals surface area contributed by atoms with Gasteiger partial charge in [0.15, 0.2) is 11.4 Å². The van der Waals surface area contributed by atoms with E-state index in [4.69, 9.17) is 5.84 Å². The highest BCUT2D eigenvalue weighted by molar-refractivity contribution is 7.95. The van der Waals surface area contributed by atoms with Crippen LogP contribution < -0.4 is 15.6 Å². The van der Waals surface area contributed by atoms with Gasteiger partial charge in [0.25, 0.3) is 21.8 Å². The highest BCUT2D eigenvalue weighted by Crippen LogP contribution is 2.34. The largest absolute Gasteiger partial charge is 0.505 e. The number of rotatable bonds is 5. The molecule has 1 aliphatic rings. The van der Waals surface area contributed by atoms with Crippen LogP contribution in [0, 0.1) is 0 Å². The zero-order valence-corrected chi connectivity index (χ0v) is 15.5. The Morgan fingerprint density at radius 2 is 1.93 bits per heavy atom. The van der Waals surface area contributed by atoms with Crippen LogP contribution in [0.1, 0.15) is 17.3 Å². The van der Waals surface area contributed by atoms with Gasteiger partial charge in [0.2, 0.25) is 4.91 Å². The Morgan fingerprint density at radius 3 is 2.48 bits per heavy atom. The third-order valence-corrected chi connectivity index (χ3v) is 4.89. The normalized spacial score (nSPS) is 15.3. The van der Waals surface area contributed by atoms with E-state index in [1.54, 1.807) is 4.72 Å². The summed E-state index contributed by atoms with van der Waals surface area (Å²) in [6.45, 7) is 1.32. The van der Waals surface area contributed by atoms with Gasteiger partial charge in [-0.15, -0.1) is 0 Å². The molecule has 0 atom stereocenters. The quantitative estimate of drug-likeness (QED) is 0.321. The lowest BCUT2D eigenvalue weighted by molar-refractivity contribution is -0.137. The van der Waals surface area contributed by atoms with Gasteiger partial charge < -0.3 is 14.7 Å².